The third-order valence-corrected chi connectivity index (χ3v) is 4.92. The van der Waals surface area contributed by atoms with Gasteiger partial charge in [-0.15, -0.1) is 0 Å². The summed E-state index contributed by atoms with van der Waals surface area (Å²) in [5, 5.41) is 11.2. The number of carbonyl (C=O) groups excluding carboxylic acids is 1. The molecule has 5 nitrogen and oxygen atoms in total. The third kappa shape index (κ3) is 3.93. The largest absolute Gasteiger partial charge is 0.508 e. The standard InChI is InChI=1S/C23H22N2O3/c26-22-10-4-1-6-18(22)15-25(16-19-7-5-13-28-19)23(27)12-11-17-14-24-21-9-3-2-8-20(17)21/h1-10,13-14,24,26H,11-12,15-16H2. The fraction of sp³-hybridized carbons (Fsp3) is 0.174. The van der Waals surface area contributed by atoms with Crippen molar-refractivity contribution in [2.75, 3.05) is 0 Å². The zero-order valence-corrected chi connectivity index (χ0v) is 15.5. The Morgan fingerprint density at radius 3 is 2.61 bits per heavy atom. The number of fused-ring (bicyclic) bond motifs is 1. The number of aromatic nitrogens is 1. The van der Waals surface area contributed by atoms with Gasteiger partial charge in [0.05, 0.1) is 12.8 Å². The SMILES string of the molecule is O=C(CCc1c[nH]c2ccccc12)N(Cc1ccco1)Cc1ccccc1O. The van der Waals surface area contributed by atoms with Crippen molar-refractivity contribution in [3.63, 3.8) is 0 Å². The van der Waals surface area contributed by atoms with Gasteiger partial charge in [-0.1, -0.05) is 36.4 Å². The summed E-state index contributed by atoms with van der Waals surface area (Å²) < 4.78 is 5.43. The smallest absolute Gasteiger partial charge is 0.223 e. The minimum absolute atomic E-state index is 0.0185. The van der Waals surface area contributed by atoms with E-state index in [4.69, 9.17) is 4.42 Å². The van der Waals surface area contributed by atoms with E-state index in [-0.39, 0.29) is 11.7 Å². The molecule has 2 aromatic heterocycles. The number of aromatic amines is 1. The molecule has 2 aromatic carbocycles. The molecule has 5 heteroatoms. The molecule has 28 heavy (non-hydrogen) atoms. The first-order valence-corrected chi connectivity index (χ1v) is 9.33. The summed E-state index contributed by atoms with van der Waals surface area (Å²) in [6.45, 7) is 0.703. The van der Waals surface area contributed by atoms with Gasteiger partial charge in [0.2, 0.25) is 5.91 Å². The molecule has 4 aromatic rings. The Hall–Kier alpha value is -3.47. The van der Waals surface area contributed by atoms with Gasteiger partial charge in [0.25, 0.3) is 0 Å². The van der Waals surface area contributed by atoms with E-state index in [0.717, 1.165) is 27.8 Å². The van der Waals surface area contributed by atoms with E-state index < -0.39 is 0 Å². The summed E-state index contributed by atoms with van der Waals surface area (Å²) in [6, 6.07) is 18.8. The highest BCUT2D eigenvalue weighted by Gasteiger charge is 2.18. The summed E-state index contributed by atoms with van der Waals surface area (Å²) in [5.41, 5.74) is 2.92. The molecule has 0 unspecified atom stereocenters. The number of phenols is 1. The molecule has 0 saturated carbocycles. The number of H-pyrrole nitrogens is 1. The van der Waals surface area contributed by atoms with Crippen LogP contribution in [0.15, 0.2) is 77.5 Å². The second-order valence-corrected chi connectivity index (χ2v) is 6.82. The highest BCUT2D eigenvalue weighted by molar-refractivity contribution is 5.84. The second kappa shape index (κ2) is 8.05. The lowest BCUT2D eigenvalue weighted by atomic mass is 10.1. The van der Waals surface area contributed by atoms with Crippen LogP contribution in [0, 0.1) is 0 Å². The van der Waals surface area contributed by atoms with Crippen molar-refractivity contribution in [2.24, 2.45) is 0 Å². The van der Waals surface area contributed by atoms with Gasteiger partial charge in [-0.25, -0.2) is 0 Å². The molecule has 2 N–H and O–H groups in total. The zero-order chi connectivity index (χ0) is 19.3. The molecule has 1 amide bonds. The molecule has 0 fully saturated rings. The first-order chi connectivity index (χ1) is 13.7. The Labute approximate surface area is 163 Å². The lowest BCUT2D eigenvalue weighted by Crippen LogP contribution is -2.30. The topological polar surface area (TPSA) is 69.5 Å². The number of nitrogens with one attached hydrogen (secondary N) is 1. The monoisotopic (exact) mass is 374 g/mol. The lowest BCUT2D eigenvalue weighted by molar-refractivity contribution is -0.132. The Bertz CT molecular complexity index is 1070. The Balaban J connectivity index is 1.50. The van der Waals surface area contributed by atoms with Crippen molar-refractivity contribution in [3.05, 3.63) is 90.0 Å². The number of hydrogen-bond donors (Lipinski definition) is 2. The molecule has 2 heterocycles. The number of benzene rings is 2. The normalized spacial score (nSPS) is 11.0. The van der Waals surface area contributed by atoms with Gasteiger partial charge in [0, 0.05) is 35.6 Å². The van der Waals surface area contributed by atoms with Crippen molar-refractivity contribution in [1.82, 2.24) is 9.88 Å². The fourth-order valence-corrected chi connectivity index (χ4v) is 3.41. The number of amides is 1. The van der Waals surface area contributed by atoms with Crippen LogP contribution in [0.5, 0.6) is 5.75 Å². The molecule has 0 radical (unpaired) electrons. The highest BCUT2D eigenvalue weighted by atomic mass is 16.3. The molecule has 142 valence electrons. The fourth-order valence-electron chi connectivity index (χ4n) is 3.41. The number of carbonyl (C=O) groups is 1. The van der Waals surface area contributed by atoms with E-state index in [2.05, 4.69) is 11.1 Å². The molecule has 4 rings (SSSR count). The van der Waals surface area contributed by atoms with Gasteiger partial charge < -0.3 is 19.4 Å². The first-order valence-electron chi connectivity index (χ1n) is 9.33. The number of rotatable bonds is 7. The van der Waals surface area contributed by atoms with Crippen molar-refractivity contribution >= 4 is 16.8 Å². The van der Waals surface area contributed by atoms with Gasteiger partial charge in [0.1, 0.15) is 11.5 Å². The Morgan fingerprint density at radius 1 is 0.964 bits per heavy atom. The van der Waals surface area contributed by atoms with Crippen LogP contribution in [0.3, 0.4) is 0 Å². The van der Waals surface area contributed by atoms with E-state index in [1.165, 1.54) is 0 Å². The Kier molecular flexibility index (Phi) is 5.15. The van der Waals surface area contributed by atoms with Crippen LogP contribution in [-0.4, -0.2) is 20.9 Å². The highest BCUT2D eigenvalue weighted by Crippen LogP contribution is 2.22. The van der Waals surface area contributed by atoms with Crippen LogP contribution in [0.4, 0.5) is 0 Å². The molecule has 0 aliphatic rings. The molecule has 0 spiro atoms. The summed E-state index contributed by atoms with van der Waals surface area (Å²) in [5.74, 6) is 0.928. The third-order valence-electron chi connectivity index (χ3n) is 4.92. The number of nitrogens with zero attached hydrogens (tertiary/aromatic N) is 1. The van der Waals surface area contributed by atoms with Gasteiger partial charge in [0.15, 0.2) is 0 Å². The molecule has 0 aliphatic carbocycles. The Morgan fingerprint density at radius 2 is 1.79 bits per heavy atom. The number of furan rings is 1. The zero-order valence-electron chi connectivity index (χ0n) is 15.5. The van der Waals surface area contributed by atoms with Crippen LogP contribution >= 0.6 is 0 Å². The van der Waals surface area contributed by atoms with Crippen molar-refractivity contribution in [3.8, 4) is 5.75 Å². The number of para-hydroxylation sites is 2. The van der Waals surface area contributed by atoms with Gasteiger partial charge >= 0.3 is 0 Å². The molecule has 0 saturated heterocycles. The van der Waals surface area contributed by atoms with E-state index in [0.29, 0.717) is 25.9 Å². The first kappa shape index (κ1) is 17.9. The summed E-state index contributed by atoms with van der Waals surface area (Å²) in [7, 11) is 0. The van der Waals surface area contributed by atoms with Crippen LogP contribution in [-0.2, 0) is 24.3 Å². The quantitative estimate of drug-likeness (QED) is 0.496. The molecule has 0 atom stereocenters. The van der Waals surface area contributed by atoms with Crippen molar-refractivity contribution in [1.29, 1.82) is 0 Å². The number of hydrogen-bond acceptors (Lipinski definition) is 3. The van der Waals surface area contributed by atoms with Crippen LogP contribution < -0.4 is 0 Å². The van der Waals surface area contributed by atoms with Gasteiger partial charge in [-0.05, 0) is 36.2 Å². The summed E-state index contributed by atoms with van der Waals surface area (Å²) in [4.78, 5) is 18.0. The predicted octanol–water partition coefficient (Wildman–Crippen LogP) is 4.63. The van der Waals surface area contributed by atoms with Crippen LogP contribution in [0.2, 0.25) is 0 Å². The maximum atomic E-state index is 13.0. The van der Waals surface area contributed by atoms with E-state index in [1.54, 1.807) is 23.3 Å². The maximum absolute atomic E-state index is 13.0. The van der Waals surface area contributed by atoms with Crippen molar-refractivity contribution in [2.45, 2.75) is 25.9 Å². The lowest BCUT2D eigenvalue weighted by Gasteiger charge is -2.22. The number of aromatic hydroxyl groups is 1. The van der Waals surface area contributed by atoms with E-state index in [9.17, 15) is 9.90 Å². The maximum Gasteiger partial charge on any atom is 0.223 e. The molecule has 0 bridgehead atoms. The van der Waals surface area contributed by atoms with E-state index >= 15 is 0 Å². The van der Waals surface area contributed by atoms with Gasteiger partial charge in [-0.3, -0.25) is 4.79 Å². The van der Waals surface area contributed by atoms with Gasteiger partial charge in [-0.2, -0.15) is 0 Å². The summed E-state index contributed by atoms with van der Waals surface area (Å²) >= 11 is 0. The minimum atomic E-state index is 0.0185. The number of phenolic OH excluding ortho intramolecular Hbond substituents is 1. The predicted molar refractivity (Wildman–Crippen MR) is 108 cm³/mol. The van der Waals surface area contributed by atoms with Crippen LogP contribution in [0.25, 0.3) is 10.9 Å². The average molecular weight is 374 g/mol. The minimum Gasteiger partial charge on any atom is -0.508 e. The number of aryl methyl sites for hydroxylation is 1. The van der Waals surface area contributed by atoms with E-state index in [1.807, 2.05) is 48.7 Å². The average Bonchev–Trinajstić information content (AvgIpc) is 3.37. The second-order valence-electron chi connectivity index (χ2n) is 6.82. The molecular formula is C23H22N2O3. The van der Waals surface area contributed by atoms with Crippen molar-refractivity contribution < 1.29 is 14.3 Å². The molecular weight excluding hydrogens is 352 g/mol. The van der Waals surface area contributed by atoms with Crippen LogP contribution in [0.1, 0.15) is 23.3 Å². The summed E-state index contributed by atoms with van der Waals surface area (Å²) in [6.07, 6.45) is 4.61. The molecule has 0 aliphatic heterocycles.